The lowest BCUT2D eigenvalue weighted by Crippen LogP contribution is -2.30. The first-order valence-corrected chi connectivity index (χ1v) is 7.11. The van der Waals surface area contributed by atoms with Crippen LogP contribution >= 0.6 is 12.4 Å². The number of aromatic nitrogens is 4. The summed E-state index contributed by atoms with van der Waals surface area (Å²) in [5, 5.41) is 11.9. The molecular weight excluding hydrogens is 298 g/mol. The van der Waals surface area contributed by atoms with E-state index in [1.165, 1.54) is 5.56 Å². The number of nitrogens with zero attached hydrogens (tertiary/aromatic N) is 4. The van der Waals surface area contributed by atoms with Gasteiger partial charge in [0.25, 0.3) is 0 Å². The third-order valence-electron chi connectivity index (χ3n) is 3.38. The molecule has 3 rings (SSSR count). The molecule has 2 aromatic heterocycles. The van der Waals surface area contributed by atoms with E-state index in [1.54, 1.807) is 12.4 Å². The molecule has 0 aliphatic heterocycles. The average molecular weight is 318 g/mol. The molecule has 3 aromatic rings. The van der Waals surface area contributed by atoms with Crippen LogP contribution in [0.25, 0.3) is 5.69 Å². The predicted octanol–water partition coefficient (Wildman–Crippen LogP) is 2.67. The van der Waals surface area contributed by atoms with Crippen LogP contribution in [-0.2, 0) is 13.1 Å². The van der Waals surface area contributed by atoms with Gasteiger partial charge in [-0.2, -0.15) is 10.2 Å². The number of benzene rings is 1. The molecule has 116 valence electrons. The molecule has 0 saturated heterocycles. The number of hydrogen-bond donors (Lipinski definition) is 1. The zero-order valence-electron chi connectivity index (χ0n) is 12.5. The van der Waals surface area contributed by atoms with Crippen LogP contribution in [0, 0.1) is 0 Å². The van der Waals surface area contributed by atoms with E-state index in [0.717, 1.165) is 18.8 Å². The van der Waals surface area contributed by atoms with E-state index in [9.17, 15) is 0 Å². The minimum Gasteiger partial charge on any atom is -0.308 e. The van der Waals surface area contributed by atoms with E-state index in [4.69, 9.17) is 0 Å². The van der Waals surface area contributed by atoms with Gasteiger partial charge in [0, 0.05) is 37.4 Å². The SMILES string of the molecule is CC(Cn1cccn1)NCc1ccc(-n2cccn2)cc1.Cl. The van der Waals surface area contributed by atoms with Gasteiger partial charge < -0.3 is 5.32 Å². The van der Waals surface area contributed by atoms with E-state index in [1.807, 2.05) is 33.9 Å². The maximum Gasteiger partial charge on any atom is 0.0645 e. The molecule has 5 nitrogen and oxygen atoms in total. The van der Waals surface area contributed by atoms with Gasteiger partial charge in [-0.1, -0.05) is 12.1 Å². The summed E-state index contributed by atoms with van der Waals surface area (Å²) in [4.78, 5) is 0. The van der Waals surface area contributed by atoms with Crippen LogP contribution in [0.15, 0.2) is 61.2 Å². The van der Waals surface area contributed by atoms with Gasteiger partial charge in [0.05, 0.1) is 12.2 Å². The minimum atomic E-state index is 0. The van der Waals surface area contributed by atoms with Crippen LogP contribution in [0.5, 0.6) is 0 Å². The largest absolute Gasteiger partial charge is 0.308 e. The fraction of sp³-hybridized carbons (Fsp3) is 0.250. The molecule has 2 heterocycles. The summed E-state index contributed by atoms with van der Waals surface area (Å²) in [5.74, 6) is 0. The summed E-state index contributed by atoms with van der Waals surface area (Å²) in [6, 6.07) is 12.7. The summed E-state index contributed by atoms with van der Waals surface area (Å²) in [5.41, 5.74) is 2.34. The summed E-state index contributed by atoms with van der Waals surface area (Å²) < 4.78 is 3.80. The molecule has 6 heteroatoms. The molecule has 22 heavy (non-hydrogen) atoms. The average Bonchev–Trinajstić information content (AvgIpc) is 3.19. The van der Waals surface area contributed by atoms with Gasteiger partial charge in [0.2, 0.25) is 0 Å². The number of halogens is 1. The van der Waals surface area contributed by atoms with Crippen LogP contribution in [0.2, 0.25) is 0 Å². The summed E-state index contributed by atoms with van der Waals surface area (Å²) in [6.45, 7) is 3.89. The smallest absolute Gasteiger partial charge is 0.0645 e. The highest BCUT2D eigenvalue weighted by Crippen LogP contribution is 2.08. The summed E-state index contributed by atoms with van der Waals surface area (Å²) >= 11 is 0. The molecule has 0 saturated carbocycles. The first-order valence-electron chi connectivity index (χ1n) is 7.11. The standard InChI is InChI=1S/C16H19N5.ClH/c1-14(13-20-10-2-8-18-20)17-12-15-4-6-16(7-5-15)21-11-3-9-19-21;/h2-11,14,17H,12-13H2,1H3;1H. The maximum atomic E-state index is 4.22. The van der Waals surface area contributed by atoms with Gasteiger partial charge in [0.1, 0.15) is 0 Å². The van der Waals surface area contributed by atoms with Gasteiger partial charge in [-0.15, -0.1) is 12.4 Å². The van der Waals surface area contributed by atoms with Crippen molar-refractivity contribution in [3.8, 4) is 5.69 Å². The van der Waals surface area contributed by atoms with Crippen molar-refractivity contribution in [2.45, 2.75) is 26.1 Å². The fourth-order valence-corrected chi connectivity index (χ4v) is 2.23. The Hall–Kier alpha value is -2.11. The third kappa shape index (κ3) is 4.19. The predicted molar refractivity (Wildman–Crippen MR) is 89.3 cm³/mol. The highest BCUT2D eigenvalue weighted by Gasteiger charge is 2.03. The lowest BCUT2D eigenvalue weighted by molar-refractivity contribution is 0.451. The van der Waals surface area contributed by atoms with E-state index in [0.29, 0.717) is 6.04 Å². The molecule has 1 aromatic carbocycles. The molecule has 0 spiro atoms. The highest BCUT2D eigenvalue weighted by molar-refractivity contribution is 5.85. The Bertz CT molecular complexity index is 646. The van der Waals surface area contributed by atoms with Gasteiger partial charge >= 0.3 is 0 Å². The topological polar surface area (TPSA) is 47.7 Å². The molecule has 0 bridgehead atoms. The molecule has 0 aliphatic carbocycles. The Morgan fingerprint density at radius 1 is 1.05 bits per heavy atom. The monoisotopic (exact) mass is 317 g/mol. The first-order chi connectivity index (χ1) is 10.3. The lowest BCUT2D eigenvalue weighted by Gasteiger charge is -2.14. The van der Waals surface area contributed by atoms with Crippen molar-refractivity contribution < 1.29 is 0 Å². The fourth-order valence-electron chi connectivity index (χ4n) is 2.23. The van der Waals surface area contributed by atoms with E-state index in [-0.39, 0.29) is 12.4 Å². The number of nitrogens with one attached hydrogen (secondary N) is 1. The second-order valence-electron chi connectivity index (χ2n) is 5.13. The van der Waals surface area contributed by atoms with Crippen molar-refractivity contribution in [2.24, 2.45) is 0 Å². The molecule has 0 amide bonds. The summed E-state index contributed by atoms with van der Waals surface area (Å²) in [6.07, 6.45) is 7.52. The minimum absolute atomic E-state index is 0. The van der Waals surface area contributed by atoms with Gasteiger partial charge in [-0.25, -0.2) is 4.68 Å². The normalized spacial score (nSPS) is 11.9. The van der Waals surface area contributed by atoms with Crippen LogP contribution in [0.3, 0.4) is 0 Å². The van der Waals surface area contributed by atoms with Crippen LogP contribution in [-0.4, -0.2) is 25.6 Å². The second-order valence-corrected chi connectivity index (χ2v) is 5.13. The van der Waals surface area contributed by atoms with E-state index in [2.05, 4.69) is 46.7 Å². The quantitative estimate of drug-likeness (QED) is 0.760. The van der Waals surface area contributed by atoms with Crippen molar-refractivity contribution in [1.29, 1.82) is 0 Å². The maximum absolute atomic E-state index is 4.22. The molecule has 0 fully saturated rings. The van der Waals surface area contributed by atoms with Crippen molar-refractivity contribution >= 4 is 12.4 Å². The molecule has 1 atom stereocenters. The van der Waals surface area contributed by atoms with Crippen LogP contribution < -0.4 is 5.32 Å². The molecule has 0 aliphatic rings. The van der Waals surface area contributed by atoms with Crippen LogP contribution in [0.4, 0.5) is 0 Å². The zero-order chi connectivity index (χ0) is 14.5. The Morgan fingerprint density at radius 2 is 1.77 bits per heavy atom. The number of rotatable bonds is 6. The van der Waals surface area contributed by atoms with E-state index >= 15 is 0 Å². The van der Waals surface area contributed by atoms with Gasteiger partial charge in [0.15, 0.2) is 0 Å². The molecule has 1 unspecified atom stereocenters. The Balaban J connectivity index is 0.00000176. The molecule has 0 radical (unpaired) electrons. The van der Waals surface area contributed by atoms with Gasteiger partial charge in [-0.05, 0) is 36.8 Å². The number of hydrogen-bond acceptors (Lipinski definition) is 3. The van der Waals surface area contributed by atoms with Crippen molar-refractivity contribution in [2.75, 3.05) is 0 Å². The van der Waals surface area contributed by atoms with Gasteiger partial charge in [-0.3, -0.25) is 4.68 Å². The van der Waals surface area contributed by atoms with Crippen LogP contribution in [0.1, 0.15) is 12.5 Å². The molecular formula is C16H20ClN5. The third-order valence-corrected chi connectivity index (χ3v) is 3.38. The highest BCUT2D eigenvalue weighted by atomic mass is 35.5. The first kappa shape index (κ1) is 16.3. The van der Waals surface area contributed by atoms with E-state index < -0.39 is 0 Å². The Morgan fingerprint density at radius 3 is 2.41 bits per heavy atom. The summed E-state index contributed by atoms with van der Waals surface area (Å²) in [7, 11) is 0. The molecule has 1 N–H and O–H groups in total. The lowest BCUT2D eigenvalue weighted by atomic mass is 10.2. The second kappa shape index (κ2) is 7.77. The van der Waals surface area contributed by atoms with Crippen molar-refractivity contribution in [3.63, 3.8) is 0 Å². The zero-order valence-corrected chi connectivity index (χ0v) is 13.3. The Kier molecular flexibility index (Phi) is 5.75. The Labute approximate surface area is 136 Å². The van der Waals surface area contributed by atoms with Crippen molar-refractivity contribution in [1.82, 2.24) is 24.9 Å². The van der Waals surface area contributed by atoms with Crippen molar-refractivity contribution in [3.05, 3.63) is 66.7 Å².